The number of rotatable bonds is 11. The standard InChI is InChI=1S/C31H42N2O6S/c1-21-5-10-24(31-30(37)29(36)28(35)26(39-31)20-40-2)18-25(21)17-22-6-8-23(9-7-22)19-38-16-11-27(34)32-12-15-33-13-3-4-14-33/h5-10,18,26,28-31,35-37H,3-4,11-17,19H2,1-2H3,(H,32,34)/t26?,28-,29+,30-,31+/m1/s1. The van der Waals surface area contributed by atoms with E-state index in [9.17, 15) is 20.1 Å². The van der Waals surface area contributed by atoms with Gasteiger partial charge in [0.25, 0.3) is 0 Å². The molecule has 0 aromatic heterocycles. The van der Waals surface area contributed by atoms with Gasteiger partial charge in [0.15, 0.2) is 0 Å². The molecule has 218 valence electrons. The van der Waals surface area contributed by atoms with Gasteiger partial charge in [-0.05, 0) is 67.1 Å². The Balaban J connectivity index is 1.26. The zero-order chi connectivity index (χ0) is 28.5. The number of likely N-dealkylation sites (tertiary alicyclic amines) is 1. The molecule has 0 bridgehead atoms. The zero-order valence-corrected chi connectivity index (χ0v) is 24.2. The van der Waals surface area contributed by atoms with Crippen LogP contribution in [0.3, 0.4) is 0 Å². The van der Waals surface area contributed by atoms with Gasteiger partial charge in [0.1, 0.15) is 30.5 Å². The lowest BCUT2D eigenvalue weighted by Crippen LogP contribution is -2.53. The molecular weight excluding hydrogens is 528 g/mol. The topological polar surface area (TPSA) is 111 Å². The average molecular weight is 571 g/mol. The number of aliphatic hydroxyl groups is 3. The summed E-state index contributed by atoms with van der Waals surface area (Å²) in [7, 11) is 0. The normalized spacial score (nSPS) is 25.0. The van der Waals surface area contributed by atoms with Gasteiger partial charge in [-0.2, -0.15) is 0 Å². The van der Waals surface area contributed by atoms with Gasteiger partial charge >= 0.3 is 0 Å². The largest absolute Gasteiger partial charge is 0.387 e. The summed E-state index contributed by atoms with van der Waals surface area (Å²) in [4.78, 5) is 14.4. The molecule has 8 nitrogen and oxygen atoms in total. The molecule has 0 aliphatic carbocycles. The third-order valence-electron chi connectivity index (χ3n) is 7.66. The Morgan fingerprint density at radius 2 is 1.80 bits per heavy atom. The van der Waals surface area contributed by atoms with Crippen molar-refractivity contribution >= 4 is 17.1 Å². The molecule has 4 rings (SSSR count). The summed E-state index contributed by atoms with van der Waals surface area (Å²) in [5.74, 6) is 0.0278. The molecule has 2 fully saturated rings. The van der Waals surface area contributed by atoms with E-state index in [1.807, 2.05) is 37.3 Å². The van der Waals surface area contributed by atoms with Crippen LogP contribution in [-0.4, -0.2) is 89.6 Å². The van der Waals surface area contributed by atoms with Gasteiger partial charge in [-0.3, -0.25) is 4.79 Å². The van der Waals surface area contributed by atoms with Gasteiger partial charge < -0.3 is 35.0 Å². The predicted molar refractivity (Wildman–Crippen MR) is 156 cm³/mol. The number of nitrogens with zero attached hydrogens (tertiary/aromatic N) is 1. The number of aliphatic hydroxyl groups excluding tert-OH is 3. The van der Waals surface area contributed by atoms with Gasteiger partial charge in [-0.15, -0.1) is 11.2 Å². The fraction of sp³-hybridized carbons (Fsp3) is 0.548. The van der Waals surface area contributed by atoms with E-state index in [4.69, 9.17) is 9.47 Å². The number of hydrogen-bond donors (Lipinski definition) is 4. The van der Waals surface area contributed by atoms with E-state index in [2.05, 4.69) is 27.5 Å². The maximum absolute atomic E-state index is 12.0. The Labute approximate surface area is 240 Å². The number of nitrogens with one attached hydrogen (secondary N) is 1. The van der Waals surface area contributed by atoms with Crippen molar-refractivity contribution in [3.63, 3.8) is 0 Å². The van der Waals surface area contributed by atoms with Crippen molar-refractivity contribution in [1.29, 1.82) is 0 Å². The number of hydrogen-bond acceptors (Lipinski definition) is 7. The van der Waals surface area contributed by atoms with Gasteiger partial charge in [0.2, 0.25) is 5.91 Å². The van der Waals surface area contributed by atoms with Crippen LogP contribution in [0.2, 0.25) is 0 Å². The van der Waals surface area contributed by atoms with E-state index in [1.54, 1.807) is 6.26 Å². The maximum Gasteiger partial charge on any atom is 0.222 e. The first-order chi connectivity index (χ1) is 19.4. The van der Waals surface area contributed by atoms with Crippen LogP contribution in [0.15, 0.2) is 42.5 Å². The van der Waals surface area contributed by atoms with E-state index in [0.29, 0.717) is 32.6 Å². The molecular formula is C31H42N2O6S. The number of carbonyl (C=O) groups is 1. The lowest BCUT2D eigenvalue weighted by Gasteiger charge is -2.39. The summed E-state index contributed by atoms with van der Waals surface area (Å²) >= 11 is 1.28. The lowest BCUT2D eigenvalue weighted by molar-refractivity contribution is -0.209. The third kappa shape index (κ3) is 8.35. The van der Waals surface area contributed by atoms with Crippen LogP contribution in [0.1, 0.15) is 53.2 Å². The van der Waals surface area contributed by atoms with Gasteiger partial charge in [0, 0.05) is 25.8 Å². The average Bonchev–Trinajstić information content (AvgIpc) is 3.47. The third-order valence-corrected chi connectivity index (χ3v) is 8.13. The highest BCUT2D eigenvalue weighted by Gasteiger charge is 2.43. The second kappa shape index (κ2) is 15.1. The molecule has 0 spiro atoms. The molecule has 5 atom stereocenters. The maximum atomic E-state index is 12.0. The van der Waals surface area contributed by atoms with E-state index >= 15 is 0 Å². The van der Waals surface area contributed by atoms with Crippen LogP contribution in [0.4, 0.5) is 0 Å². The summed E-state index contributed by atoms with van der Waals surface area (Å²) in [6.45, 7) is 6.76. The molecule has 2 saturated heterocycles. The lowest BCUT2D eigenvalue weighted by atomic mass is 9.89. The van der Waals surface area contributed by atoms with Crippen molar-refractivity contribution in [1.82, 2.24) is 10.2 Å². The summed E-state index contributed by atoms with van der Waals surface area (Å²) in [6, 6.07) is 14.1. The smallest absolute Gasteiger partial charge is 0.222 e. The first-order valence-electron chi connectivity index (χ1n) is 14.1. The fourth-order valence-electron chi connectivity index (χ4n) is 5.20. The van der Waals surface area contributed by atoms with Crippen LogP contribution in [0.5, 0.6) is 0 Å². The number of carbonyl (C=O) groups excluding carboxylic acids is 1. The highest BCUT2D eigenvalue weighted by molar-refractivity contribution is 7.87. The molecule has 4 N–H and O–H groups in total. The van der Waals surface area contributed by atoms with Crippen molar-refractivity contribution < 1.29 is 29.6 Å². The van der Waals surface area contributed by atoms with Crippen LogP contribution in [0, 0.1) is 12.1 Å². The molecule has 9 heteroatoms. The second-order valence-corrected chi connectivity index (χ2v) is 11.3. The molecule has 2 aliphatic heterocycles. The number of aryl methyl sites for hydroxylation is 1. The SMILES string of the molecule is CS#CC1O[C@@H](c2ccc(C)c(Cc3ccc(COCCC(=O)NCCN4CCCC4)cc3)c2)[C@H](O)[C@@H](O)[C@@H]1O. The van der Waals surface area contributed by atoms with E-state index in [0.717, 1.165) is 47.5 Å². The minimum Gasteiger partial charge on any atom is -0.387 e. The van der Waals surface area contributed by atoms with E-state index in [1.165, 1.54) is 24.0 Å². The molecule has 2 aromatic carbocycles. The van der Waals surface area contributed by atoms with Crippen LogP contribution in [0.25, 0.3) is 0 Å². The van der Waals surface area contributed by atoms with E-state index in [-0.39, 0.29) is 5.91 Å². The minimum absolute atomic E-state index is 0.0278. The number of amides is 1. The summed E-state index contributed by atoms with van der Waals surface area (Å²) in [5, 5.41) is 37.1. The predicted octanol–water partition coefficient (Wildman–Crippen LogP) is 2.55. The zero-order valence-electron chi connectivity index (χ0n) is 23.4. The van der Waals surface area contributed by atoms with Crippen molar-refractivity contribution in [2.24, 2.45) is 0 Å². The Kier molecular flexibility index (Phi) is 11.5. The highest BCUT2D eigenvalue weighted by atomic mass is 32.1. The molecule has 2 heterocycles. The Bertz CT molecular complexity index is 1170. The van der Waals surface area contributed by atoms with Crippen molar-refractivity contribution in [3.05, 3.63) is 70.3 Å². The number of ether oxygens (including phenoxy) is 2. The Morgan fingerprint density at radius 1 is 1.07 bits per heavy atom. The molecule has 0 radical (unpaired) electrons. The van der Waals surface area contributed by atoms with Crippen molar-refractivity contribution in [2.75, 3.05) is 39.0 Å². The second-order valence-electron chi connectivity index (χ2n) is 10.7. The summed E-state index contributed by atoms with van der Waals surface area (Å²) in [5.41, 5.74) is 5.12. The number of benzene rings is 2. The Hall–Kier alpha value is -2.33. The first kappa shape index (κ1) is 30.6. The first-order valence-corrected chi connectivity index (χ1v) is 15.3. The van der Waals surface area contributed by atoms with Crippen molar-refractivity contribution in [3.8, 4) is 5.18 Å². The van der Waals surface area contributed by atoms with Gasteiger partial charge in [-0.1, -0.05) is 47.6 Å². The van der Waals surface area contributed by atoms with Crippen LogP contribution in [-0.2, 0) is 27.3 Å². The molecule has 40 heavy (non-hydrogen) atoms. The monoisotopic (exact) mass is 570 g/mol. The molecule has 1 amide bonds. The summed E-state index contributed by atoms with van der Waals surface area (Å²) in [6.07, 6.45) is 0.00489. The molecule has 0 saturated carbocycles. The van der Waals surface area contributed by atoms with E-state index < -0.39 is 30.5 Å². The highest BCUT2D eigenvalue weighted by Crippen LogP contribution is 2.33. The minimum atomic E-state index is -1.32. The summed E-state index contributed by atoms with van der Waals surface area (Å²) < 4.78 is 11.7. The fourth-order valence-corrected chi connectivity index (χ4v) is 5.63. The van der Waals surface area contributed by atoms with Crippen molar-refractivity contribution in [2.45, 2.75) is 69.7 Å². The molecule has 2 aliphatic rings. The molecule has 1 unspecified atom stereocenters. The van der Waals surface area contributed by atoms with Crippen LogP contribution < -0.4 is 5.32 Å². The van der Waals surface area contributed by atoms with Crippen LogP contribution >= 0.6 is 11.2 Å². The molecule has 2 aromatic rings. The van der Waals surface area contributed by atoms with Gasteiger partial charge in [0.05, 0.1) is 13.2 Å². The quantitative estimate of drug-likeness (QED) is 0.307. The van der Waals surface area contributed by atoms with Gasteiger partial charge in [-0.25, -0.2) is 0 Å². The Morgan fingerprint density at radius 3 is 2.52 bits per heavy atom.